The molecule has 7 heteroatoms. The van der Waals surface area contributed by atoms with Crippen LogP contribution in [0.25, 0.3) is 0 Å². The summed E-state index contributed by atoms with van der Waals surface area (Å²) in [5, 5.41) is 23.0. The molecule has 0 aliphatic rings. The van der Waals surface area contributed by atoms with Crippen molar-refractivity contribution in [2.45, 2.75) is 25.2 Å². The zero-order chi connectivity index (χ0) is 18.2. The van der Waals surface area contributed by atoms with Gasteiger partial charge >= 0.3 is 6.09 Å². The molecule has 3 N–H and O–H groups in total. The first kappa shape index (κ1) is 19.9. The third-order valence-electron chi connectivity index (χ3n) is 3.56. The number of ether oxygens (including phenoxy) is 1. The highest BCUT2D eigenvalue weighted by atomic mass is 79.9. The van der Waals surface area contributed by atoms with Crippen molar-refractivity contribution in [3.63, 3.8) is 0 Å². The second-order valence-electron chi connectivity index (χ2n) is 5.46. The summed E-state index contributed by atoms with van der Waals surface area (Å²) in [5.41, 5.74) is 1.47. The van der Waals surface area contributed by atoms with E-state index in [4.69, 9.17) is 4.74 Å². The molecule has 0 aromatic heterocycles. The van der Waals surface area contributed by atoms with Gasteiger partial charge in [-0.25, -0.2) is 4.79 Å². The minimum atomic E-state index is -1.06. The molecule has 0 aliphatic heterocycles. The first-order valence-corrected chi connectivity index (χ1v) is 9.31. The largest absolute Gasteiger partial charge is 0.445 e. The van der Waals surface area contributed by atoms with Crippen LogP contribution < -0.4 is 5.32 Å². The molecule has 2 atom stereocenters. The van der Waals surface area contributed by atoms with Gasteiger partial charge in [0, 0.05) is 15.5 Å². The van der Waals surface area contributed by atoms with Crippen molar-refractivity contribution in [2.75, 3.05) is 6.54 Å². The van der Waals surface area contributed by atoms with Gasteiger partial charge in [0.25, 0.3) is 0 Å². The number of alkyl carbamates (subject to hydrolysis) is 1. The minimum Gasteiger partial charge on any atom is -0.445 e. The van der Waals surface area contributed by atoms with Gasteiger partial charge in [-0.1, -0.05) is 62.2 Å². The Labute approximate surface area is 163 Å². The van der Waals surface area contributed by atoms with Crippen molar-refractivity contribution < 1.29 is 19.7 Å². The lowest BCUT2D eigenvalue weighted by molar-refractivity contribution is 0.0132. The molecular weight excluding hydrogens is 454 g/mol. The number of hydrogen-bond acceptors (Lipinski definition) is 4. The van der Waals surface area contributed by atoms with E-state index in [0.29, 0.717) is 10.0 Å². The number of aliphatic hydroxyl groups is 2. The summed E-state index contributed by atoms with van der Waals surface area (Å²) in [6, 6.07) is 14.7. The Kier molecular flexibility index (Phi) is 7.90. The van der Waals surface area contributed by atoms with Crippen LogP contribution in [0.2, 0.25) is 0 Å². The molecule has 2 rings (SSSR count). The van der Waals surface area contributed by atoms with Crippen molar-refractivity contribution in [1.29, 1.82) is 0 Å². The van der Waals surface area contributed by atoms with Crippen LogP contribution in [-0.4, -0.2) is 29.0 Å². The van der Waals surface area contributed by atoms with E-state index in [1.165, 1.54) is 0 Å². The first-order chi connectivity index (χ1) is 12.0. The lowest BCUT2D eigenvalue weighted by Crippen LogP contribution is -2.29. The summed E-state index contributed by atoms with van der Waals surface area (Å²) in [4.78, 5) is 11.6. The van der Waals surface area contributed by atoms with Gasteiger partial charge < -0.3 is 20.3 Å². The fourth-order valence-corrected chi connectivity index (χ4v) is 3.06. The molecule has 0 fully saturated rings. The van der Waals surface area contributed by atoms with Gasteiger partial charge in [-0.2, -0.15) is 0 Å². The number of aliphatic hydroxyl groups excluding tert-OH is 2. The third kappa shape index (κ3) is 6.43. The van der Waals surface area contributed by atoms with Crippen LogP contribution in [-0.2, 0) is 11.3 Å². The molecule has 0 saturated carbocycles. The van der Waals surface area contributed by atoms with Gasteiger partial charge in [0.05, 0.1) is 6.10 Å². The molecule has 0 spiro atoms. The minimum absolute atomic E-state index is 0.183. The highest BCUT2D eigenvalue weighted by Gasteiger charge is 2.21. The van der Waals surface area contributed by atoms with E-state index < -0.39 is 18.3 Å². The van der Waals surface area contributed by atoms with Gasteiger partial charge in [-0.15, -0.1) is 0 Å². The van der Waals surface area contributed by atoms with E-state index in [0.717, 1.165) is 10.0 Å². The smallest absolute Gasteiger partial charge is 0.407 e. The number of amides is 1. The Morgan fingerprint density at radius 2 is 1.84 bits per heavy atom. The van der Waals surface area contributed by atoms with E-state index in [2.05, 4.69) is 37.2 Å². The number of hydrogen-bond donors (Lipinski definition) is 3. The van der Waals surface area contributed by atoms with E-state index in [1.807, 2.05) is 36.4 Å². The van der Waals surface area contributed by atoms with E-state index in [-0.39, 0.29) is 19.6 Å². The molecule has 2 aromatic rings. The summed E-state index contributed by atoms with van der Waals surface area (Å²) in [7, 11) is 0. The number of benzene rings is 2. The van der Waals surface area contributed by atoms with E-state index >= 15 is 0 Å². The summed E-state index contributed by atoms with van der Waals surface area (Å²) in [6.07, 6.45) is -2.44. The van der Waals surface area contributed by atoms with Gasteiger partial charge in [0.2, 0.25) is 0 Å². The topological polar surface area (TPSA) is 78.8 Å². The van der Waals surface area contributed by atoms with Crippen molar-refractivity contribution in [3.05, 3.63) is 68.6 Å². The zero-order valence-electron chi connectivity index (χ0n) is 13.4. The zero-order valence-corrected chi connectivity index (χ0v) is 16.5. The molecule has 25 heavy (non-hydrogen) atoms. The lowest BCUT2D eigenvalue weighted by Gasteiger charge is -2.19. The van der Waals surface area contributed by atoms with Crippen LogP contribution in [0.1, 0.15) is 23.7 Å². The normalized spacial score (nSPS) is 13.1. The van der Waals surface area contributed by atoms with Crippen LogP contribution in [0.4, 0.5) is 4.79 Å². The van der Waals surface area contributed by atoms with Crippen LogP contribution in [0, 0.1) is 0 Å². The average Bonchev–Trinajstić information content (AvgIpc) is 2.62. The maximum absolute atomic E-state index is 11.6. The standard InChI is InChI=1S/C18H19Br2NO4/c19-13-6-7-15(20)14(10-13)17(23)16(22)8-9-21-18(24)25-11-12-4-2-1-3-5-12/h1-7,10,16-17,22-23H,8-9,11H2,(H,21,24). The lowest BCUT2D eigenvalue weighted by atomic mass is 10.0. The quantitative estimate of drug-likeness (QED) is 0.570. The SMILES string of the molecule is O=C(NCCC(O)C(O)c1cc(Br)ccc1Br)OCc1ccccc1. The third-order valence-corrected chi connectivity index (χ3v) is 4.78. The second kappa shape index (κ2) is 9.91. The monoisotopic (exact) mass is 471 g/mol. The Morgan fingerprint density at radius 1 is 1.12 bits per heavy atom. The summed E-state index contributed by atoms with van der Waals surface area (Å²) >= 11 is 6.69. The van der Waals surface area contributed by atoms with E-state index in [1.54, 1.807) is 12.1 Å². The summed E-state index contributed by atoms with van der Waals surface area (Å²) < 4.78 is 6.59. The Hall–Kier alpha value is -1.41. The molecule has 0 radical (unpaired) electrons. The Balaban J connectivity index is 1.75. The van der Waals surface area contributed by atoms with Crippen LogP contribution in [0.3, 0.4) is 0 Å². The molecule has 0 heterocycles. The maximum atomic E-state index is 11.6. The van der Waals surface area contributed by atoms with Gasteiger partial charge in [0.15, 0.2) is 0 Å². The predicted molar refractivity (Wildman–Crippen MR) is 102 cm³/mol. The molecule has 0 saturated heterocycles. The van der Waals surface area contributed by atoms with Crippen LogP contribution in [0.15, 0.2) is 57.5 Å². The second-order valence-corrected chi connectivity index (χ2v) is 7.23. The van der Waals surface area contributed by atoms with Crippen molar-refractivity contribution in [1.82, 2.24) is 5.32 Å². The fourth-order valence-electron chi connectivity index (χ4n) is 2.20. The van der Waals surface area contributed by atoms with Gasteiger partial charge in [-0.3, -0.25) is 0 Å². The molecule has 134 valence electrons. The Bertz CT molecular complexity index is 697. The molecule has 5 nitrogen and oxygen atoms in total. The maximum Gasteiger partial charge on any atom is 0.407 e. The molecule has 0 bridgehead atoms. The molecule has 1 amide bonds. The molecule has 0 aliphatic carbocycles. The van der Waals surface area contributed by atoms with Crippen molar-refractivity contribution in [2.24, 2.45) is 0 Å². The average molecular weight is 473 g/mol. The van der Waals surface area contributed by atoms with Gasteiger partial charge in [0.1, 0.15) is 12.7 Å². The number of nitrogens with one attached hydrogen (secondary N) is 1. The summed E-state index contributed by atoms with van der Waals surface area (Å²) in [6.45, 7) is 0.375. The highest BCUT2D eigenvalue weighted by Crippen LogP contribution is 2.29. The fraction of sp³-hybridized carbons (Fsp3) is 0.278. The van der Waals surface area contributed by atoms with Gasteiger partial charge in [-0.05, 0) is 35.7 Å². The number of halogens is 2. The molecule has 2 unspecified atom stereocenters. The summed E-state index contributed by atoms with van der Waals surface area (Å²) in [5.74, 6) is 0. The first-order valence-electron chi connectivity index (χ1n) is 7.73. The Morgan fingerprint density at radius 3 is 2.56 bits per heavy atom. The number of carbonyl (C=O) groups excluding carboxylic acids is 1. The van der Waals surface area contributed by atoms with Crippen LogP contribution >= 0.6 is 31.9 Å². The van der Waals surface area contributed by atoms with Crippen molar-refractivity contribution >= 4 is 38.0 Å². The predicted octanol–water partition coefficient (Wildman–Crippen LogP) is 3.92. The number of carbonyl (C=O) groups is 1. The highest BCUT2D eigenvalue weighted by molar-refractivity contribution is 9.11. The molecular formula is C18H19Br2NO4. The van der Waals surface area contributed by atoms with Crippen LogP contribution in [0.5, 0.6) is 0 Å². The van der Waals surface area contributed by atoms with Crippen molar-refractivity contribution in [3.8, 4) is 0 Å². The molecule has 2 aromatic carbocycles. The number of rotatable bonds is 7. The van der Waals surface area contributed by atoms with E-state index in [9.17, 15) is 15.0 Å².